The lowest BCUT2D eigenvalue weighted by Crippen LogP contribution is -2.18. The molecule has 0 aliphatic rings. The van der Waals surface area contributed by atoms with E-state index in [0.717, 1.165) is 25.4 Å². The van der Waals surface area contributed by atoms with Gasteiger partial charge in [0.15, 0.2) is 0 Å². The van der Waals surface area contributed by atoms with E-state index in [-0.39, 0.29) is 0 Å². The molecule has 0 atom stereocenters. The van der Waals surface area contributed by atoms with Gasteiger partial charge in [-0.05, 0) is 32.6 Å². The Balaban J connectivity index is 1.95. The summed E-state index contributed by atoms with van der Waals surface area (Å²) in [5, 5.41) is 3.16. The molecule has 3 nitrogen and oxygen atoms in total. The zero-order valence-corrected chi connectivity index (χ0v) is 11.9. The Kier molecular flexibility index (Phi) is 4.77. The number of furan rings is 1. The summed E-state index contributed by atoms with van der Waals surface area (Å²) >= 11 is 0. The molecular weight excluding hydrogens is 236 g/mol. The summed E-state index contributed by atoms with van der Waals surface area (Å²) in [5.41, 5.74) is 3.86. The van der Waals surface area contributed by atoms with Crippen LogP contribution in [-0.4, -0.2) is 19.0 Å². The molecule has 0 fully saturated rings. The van der Waals surface area contributed by atoms with Crippen molar-refractivity contribution in [3.05, 3.63) is 59.0 Å². The van der Waals surface area contributed by atoms with Gasteiger partial charge in [0.1, 0.15) is 5.76 Å². The standard InChI is InChI=1S/C16H22N2O/c1-13-4-6-14(7-5-13)11-18(3)12-16-15(10-17-2)8-9-19-16/h4-9,17H,10-12H2,1-3H3. The predicted molar refractivity (Wildman–Crippen MR) is 77.8 cm³/mol. The van der Waals surface area contributed by atoms with Gasteiger partial charge in [0.05, 0.1) is 12.8 Å². The number of hydrogen-bond donors (Lipinski definition) is 1. The maximum absolute atomic E-state index is 5.56. The molecule has 1 aromatic heterocycles. The highest BCUT2D eigenvalue weighted by atomic mass is 16.3. The van der Waals surface area contributed by atoms with Crippen LogP contribution in [0.1, 0.15) is 22.5 Å². The van der Waals surface area contributed by atoms with Gasteiger partial charge in [-0.3, -0.25) is 4.90 Å². The smallest absolute Gasteiger partial charge is 0.122 e. The van der Waals surface area contributed by atoms with Gasteiger partial charge in [-0.25, -0.2) is 0 Å². The van der Waals surface area contributed by atoms with Crippen LogP contribution in [0.3, 0.4) is 0 Å². The van der Waals surface area contributed by atoms with Crippen molar-refractivity contribution in [3.8, 4) is 0 Å². The van der Waals surface area contributed by atoms with Crippen LogP contribution in [0.15, 0.2) is 41.0 Å². The summed E-state index contributed by atoms with van der Waals surface area (Å²) in [5.74, 6) is 1.05. The highest BCUT2D eigenvalue weighted by Crippen LogP contribution is 2.14. The molecule has 2 aromatic rings. The summed E-state index contributed by atoms with van der Waals surface area (Å²) in [6.45, 7) is 4.72. The molecule has 0 bridgehead atoms. The van der Waals surface area contributed by atoms with Gasteiger partial charge in [0.2, 0.25) is 0 Å². The summed E-state index contributed by atoms with van der Waals surface area (Å²) < 4.78 is 5.56. The van der Waals surface area contributed by atoms with Crippen molar-refractivity contribution in [2.45, 2.75) is 26.6 Å². The minimum absolute atomic E-state index is 0.831. The molecule has 1 aromatic carbocycles. The number of nitrogens with one attached hydrogen (secondary N) is 1. The Morgan fingerprint density at radius 1 is 1.11 bits per heavy atom. The Bertz CT molecular complexity index is 502. The number of benzene rings is 1. The normalized spacial score (nSPS) is 11.2. The van der Waals surface area contributed by atoms with Crippen LogP contribution in [-0.2, 0) is 19.6 Å². The topological polar surface area (TPSA) is 28.4 Å². The summed E-state index contributed by atoms with van der Waals surface area (Å²) in [7, 11) is 4.07. The van der Waals surface area contributed by atoms with Crippen molar-refractivity contribution >= 4 is 0 Å². The molecule has 0 aliphatic heterocycles. The number of hydrogen-bond acceptors (Lipinski definition) is 3. The predicted octanol–water partition coefficient (Wildman–Crippen LogP) is 2.94. The van der Waals surface area contributed by atoms with E-state index in [1.54, 1.807) is 6.26 Å². The zero-order chi connectivity index (χ0) is 13.7. The highest BCUT2D eigenvalue weighted by Gasteiger charge is 2.09. The molecule has 1 heterocycles. The summed E-state index contributed by atoms with van der Waals surface area (Å²) in [6.07, 6.45) is 1.77. The van der Waals surface area contributed by atoms with E-state index < -0.39 is 0 Å². The van der Waals surface area contributed by atoms with E-state index in [0.29, 0.717) is 0 Å². The molecule has 102 valence electrons. The number of rotatable bonds is 6. The molecule has 0 spiro atoms. The molecule has 0 radical (unpaired) electrons. The van der Waals surface area contributed by atoms with Crippen LogP contribution in [0.4, 0.5) is 0 Å². The van der Waals surface area contributed by atoms with E-state index >= 15 is 0 Å². The molecule has 1 N–H and O–H groups in total. The van der Waals surface area contributed by atoms with Gasteiger partial charge in [-0.15, -0.1) is 0 Å². The van der Waals surface area contributed by atoms with Crippen LogP contribution in [0.5, 0.6) is 0 Å². The Morgan fingerprint density at radius 2 is 1.84 bits per heavy atom. The van der Waals surface area contributed by atoms with Crippen LogP contribution in [0, 0.1) is 6.92 Å². The van der Waals surface area contributed by atoms with Gasteiger partial charge in [-0.2, -0.15) is 0 Å². The van der Waals surface area contributed by atoms with E-state index in [1.807, 2.05) is 13.1 Å². The molecule has 0 amide bonds. The number of nitrogens with zero attached hydrogens (tertiary/aromatic N) is 1. The van der Waals surface area contributed by atoms with Crippen LogP contribution < -0.4 is 5.32 Å². The average Bonchev–Trinajstić information content (AvgIpc) is 2.80. The van der Waals surface area contributed by atoms with Crippen LogP contribution in [0.25, 0.3) is 0 Å². The molecule has 0 saturated heterocycles. The SMILES string of the molecule is CNCc1ccoc1CN(C)Cc1ccc(C)cc1. The second-order valence-electron chi connectivity index (χ2n) is 5.06. The number of aryl methyl sites for hydroxylation is 1. The third-order valence-electron chi connectivity index (χ3n) is 3.19. The molecule has 0 unspecified atom stereocenters. The zero-order valence-electron chi connectivity index (χ0n) is 11.9. The minimum Gasteiger partial charge on any atom is -0.468 e. The van der Waals surface area contributed by atoms with E-state index in [2.05, 4.69) is 48.5 Å². The third kappa shape index (κ3) is 3.94. The Hall–Kier alpha value is -1.58. The monoisotopic (exact) mass is 258 g/mol. The van der Waals surface area contributed by atoms with Gasteiger partial charge < -0.3 is 9.73 Å². The fraction of sp³-hybridized carbons (Fsp3) is 0.375. The molecular formula is C16H22N2O. The van der Waals surface area contributed by atoms with Gasteiger partial charge >= 0.3 is 0 Å². The molecule has 3 heteroatoms. The summed E-state index contributed by atoms with van der Waals surface area (Å²) in [4.78, 5) is 2.27. The summed E-state index contributed by atoms with van der Waals surface area (Å²) in [6, 6.07) is 10.7. The lowest BCUT2D eigenvalue weighted by molar-refractivity contribution is 0.286. The lowest BCUT2D eigenvalue weighted by Gasteiger charge is -2.16. The van der Waals surface area contributed by atoms with Crippen LogP contribution >= 0.6 is 0 Å². The first-order valence-corrected chi connectivity index (χ1v) is 6.63. The molecule has 19 heavy (non-hydrogen) atoms. The second kappa shape index (κ2) is 6.55. The van der Waals surface area contributed by atoms with Crippen molar-refractivity contribution in [1.29, 1.82) is 0 Å². The first kappa shape index (κ1) is 13.8. The first-order valence-electron chi connectivity index (χ1n) is 6.63. The molecule has 0 saturated carbocycles. The third-order valence-corrected chi connectivity index (χ3v) is 3.19. The maximum Gasteiger partial charge on any atom is 0.122 e. The highest BCUT2D eigenvalue weighted by molar-refractivity contribution is 5.21. The molecule has 0 aliphatic carbocycles. The maximum atomic E-state index is 5.56. The lowest BCUT2D eigenvalue weighted by atomic mass is 10.1. The quantitative estimate of drug-likeness (QED) is 0.863. The second-order valence-corrected chi connectivity index (χ2v) is 5.06. The van der Waals surface area contributed by atoms with Crippen molar-refractivity contribution < 1.29 is 4.42 Å². The van der Waals surface area contributed by atoms with E-state index in [1.165, 1.54) is 16.7 Å². The van der Waals surface area contributed by atoms with Gasteiger partial charge in [0, 0.05) is 18.7 Å². The first-order chi connectivity index (χ1) is 9.19. The fourth-order valence-corrected chi connectivity index (χ4v) is 2.16. The Labute approximate surface area is 115 Å². The van der Waals surface area contributed by atoms with Crippen molar-refractivity contribution in [2.24, 2.45) is 0 Å². The average molecular weight is 258 g/mol. The van der Waals surface area contributed by atoms with Gasteiger partial charge in [0.25, 0.3) is 0 Å². The van der Waals surface area contributed by atoms with E-state index in [9.17, 15) is 0 Å². The minimum atomic E-state index is 0.831. The largest absolute Gasteiger partial charge is 0.468 e. The Morgan fingerprint density at radius 3 is 2.53 bits per heavy atom. The van der Waals surface area contributed by atoms with E-state index in [4.69, 9.17) is 4.42 Å². The molecule has 2 rings (SSSR count). The van der Waals surface area contributed by atoms with Crippen molar-refractivity contribution in [2.75, 3.05) is 14.1 Å². The van der Waals surface area contributed by atoms with Gasteiger partial charge in [-0.1, -0.05) is 29.8 Å². The fourth-order valence-electron chi connectivity index (χ4n) is 2.16. The van der Waals surface area contributed by atoms with Crippen molar-refractivity contribution in [3.63, 3.8) is 0 Å². The van der Waals surface area contributed by atoms with Crippen LogP contribution in [0.2, 0.25) is 0 Å². The van der Waals surface area contributed by atoms with Crippen molar-refractivity contribution in [1.82, 2.24) is 10.2 Å².